The number of hydrogen-bond acceptors (Lipinski definition) is 2. The van der Waals surface area contributed by atoms with Gasteiger partial charge in [-0.25, -0.2) is 4.79 Å². The largest absolute Gasteiger partial charge is 0.412 e. The number of rotatable bonds is 17. The van der Waals surface area contributed by atoms with Crippen molar-refractivity contribution in [3.63, 3.8) is 0 Å². The third-order valence-electron chi connectivity index (χ3n) is 5.32. The van der Waals surface area contributed by atoms with Crippen molar-refractivity contribution in [2.24, 2.45) is 0 Å². The molecule has 0 atom stereocenters. The van der Waals surface area contributed by atoms with E-state index in [2.05, 4.69) is 41.7 Å². The third kappa shape index (κ3) is 15.8. The summed E-state index contributed by atoms with van der Waals surface area (Å²) in [5.74, 6) is -0.291. The lowest BCUT2D eigenvalue weighted by Crippen LogP contribution is -2.52. The summed E-state index contributed by atoms with van der Waals surface area (Å²) in [5, 5.41) is 0. The van der Waals surface area contributed by atoms with Crippen LogP contribution in [0.25, 0.3) is 0 Å². The molecule has 0 spiro atoms. The summed E-state index contributed by atoms with van der Waals surface area (Å²) in [4.78, 5) is 11.6. The number of likely N-dealkylation sites (N-methyl/N-ethyl adjacent to an activating group) is 2. The summed E-state index contributed by atoms with van der Waals surface area (Å²) in [6, 6.07) is 0. The molecule has 0 aliphatic carbocycles. The van der Waals surface area contributed by atoms with E-state index >= 15 is 0 Å². The summed E-state index contributed by atoms with van der Waals surface area (Å²) in [6.07, 6.45) is 13.9. The monoisotopic (exact) mass is 384 g/mol. The highest BCUT2D eigenvalue weighted by Crippen LogP contribution is 2.12. The van der Waals surface area contributed by atoms with E-state index in [0.717, 1.165) is 17.6 Å². The van der Waals surface area contributed by atoms with Crippen LogP contribution in [0.2, 0.25) is 0 Å². The van der Waals surface area contributed by atoms with Gasteiger partial charge in [-0.1, -0.05) is 64.9 Å². The number of carbonyl (C=O) groups is 1. The second kappa shape index (κ2) is 14.2. The average Bonchev–Trinajstić information content (AvgIpc) is 2.60. The minimum atomic E-state index is -0.291. The molecule has 0 aromatic heterocycles. The fraction of sp³-hybridized carbons (Fsp3) is 0.870. The molecule has 0 aromatic rings. The smallest absolute Gasteiger partial charge is 0.337 e. The molecule has 0 unspecified atom stereocenters. The number of esters is 1. The topological polar surface area (TPSA) is 26.3 Å². The molecule has 0 saturated carbocycles. The van der Waals surface area contributed by atoms with Gasteiger partial charge < -0.3 is 9.22 Å². The van der Waals surface area contributed by atoms with Crippen LogP contribution >= 0.6 is 0 Å². The van der Waals surface area contributed by atoms with Gasteiger partial charge in [-0.15, -0.1) is 0 Å². The maximum absolute atomic E-state index is 11.6. The molecule has 0 N–H and O–H groups in total. The Kier molecular flexibility index (Phi) is 13.7. The molecule has 160 valence electrons. The molecule has 0 radical (unpaired) electrons. The zero-order chi connectivity index (χ0) is 20.8. The van der Waals surface area contributed by atoms with E-state index in [-0.39, 0.29) is 5.97 Å². The first-order valence-electron chi connectivity index (χ1n) is 11.1. The van der Waals surface area contributed by atoms with Gasteiger partial charge in [0, 0.05) is 5.57 Å². The van der Waals surface area contributed by atoms with Crippen molar-refractivity contribution < 1.29 is 18.5 Å². The van der Waals surface area contributed by atoms with Gasteiger partial charge in [-0.05, 0) is 19.8 Å². The standard InChI is InChI=1S/C23H48N2O2/c1-8-9-10-11-12-13-14-15-16-17-18-24(4,5)19-20-25(6,7)21-27-23(26)22(2)3/h2,8-21H2,1,3-7H3/q+2. The molecule has 0 heterocycles. The van der Waals surface area contributed by atoms with E-state index in [0.29, 0.717) is 16.8 Å². The zero-order valence-corrected chi connectivity index (χ0v) is 19.3. The van der Waals surface area contributed by atoms with Crippen LogP contribution in [0.4, 0.5) is 0 Å². The number of carbonyl (C=O) groups excluding carboxylic acids is 1. The van der Waals surface area contributed by atoms with E-state index in [4.69, 9.17) is 4.74 Å². The number of ether oxygens (including phenoxy) is 1. The number of nitrogens with zero attached hydrogens (tertiary/aromatic N) is 2. The molecule has 4 nitrogen and oxygen atoms in total. The Hall–Kier alpha value is -0.870. The zero-order valence-electron chi connectivity index (χ0n) is 19.3. The van der Waals surface area contributed by atoms with Crippen LogP contribution < -0.4 is 0 Å². The van der Waals surface area contributed by atoms with Crippen LogP contribution in [0.1, 0.15) is 78.1 Å². The van der Waals surface area contributed by atoms with Gasteiger partial charge in [0.1, 0.15) is 13.1 Å². The molecule has 4 heteroatoms. The average molecular weight is 385 g/mol. The van der Waals surface area contributed by atoms with Crippen LogP contribution in [0.3, 0.4) is 0 Å². The van der Waals surface area contributed by atoms with E-state index in [1.54, 1.807) is 6.92 Å². The van der Waals surface area contributed by atoms with Crippen molar-refractivity contribution in [3.8, 4) is 0 Å². The summed E-state index contributed by atoms with van der Waals surface area (Å²) in [5.41, 5.74) is 0.465. The molecule has 27 heavy (non-hydrogen) atoms. The summed E-state index contributed by atoms with van der Waals surface area (Å²) in [7, 11) is 8.86. The van der Waals surface area contributed by atoms with E-state index in [1.165, 1.54) is 70.8 Å². The van der Waals surface area contributed by atoms with Crippen LogP contribution in [0.5, 0.6) is 0 Å². The highest BCUT2D eigenvalue weighted by Gasteiger charge is 2.24. The first-order valence-corrected chi connectivity index (χ1v) is 11.1. The van der Waals surface area contributed by atoms with E-state index in [9.17, 15) is 4.79 Å². The van der Waals surface area contributed by atoms with Gasteiger partial charge in [0.15, 0.2) is 0 Å². The highest BCUT2D eigenvalue weighted by molar-refractivity contribution is 5.86. The van der Waals surface area contributed by atoms with Crippen LogP contribution in [0, 0.1) is 0 Å². The molecule has 0 fully saturated rings. The molecular formula is C23H48N2O2+2. The molecule has 0 rings (SSSR count). The Morgan fingerprint density at radius 1 is 0.741 bits per heavy atom. The first kappa shape index (κ1) is 26.1. The Labute approximate surface area is 169 Å². The van der Waals surface area contributed by atoms with Crippen LogP contribution in [-0.2, 0) is 9.53 Å². The number of hydrogen-bond donors (Lipinski definition) is 0. The molecule has 0 bridgehead atoms. The summed E-state index contributed by atoms with van der Waals surface area (Å²) < 4.78 is 7.06. The van der Waals surface area contributed by atoms with Crippen LogP contribution in [0.15, 0.2) is 12.2 Å². The molecule has 0 aliphatic heterocycles. The second-order valence-corrected chi connectivity index (χ2v) is 9.57. The van der Waals surface area contributed by atoms with Crippen molar-refractivity contribution in [1.29, 1.82) is 0 Å². The van der Waals surface area contributed by atoms with Crippen molar-refractivity contribution >= 4 is 5.97 Å². The minimum Gasteiger partial charge on any atom is -0.412 e. The Balaban J connectivity index is 3.80. The van der Waals surface area contributed by atoms with Crippen molar-refractivity contribution in [2.45, 2.75) is 78.1 Å². The van der Waals surface area contributed by atoms with E-state index in [1.807, 2.05) is 0 Å². The number of unbranched alkanes of at least 4 members (excludes halogenated alkanes) is 9. The molecule has 0 saturated heterocycles. The fourth-order valence-corrected chi connectivity index (χ4v) is 3.10. The third-order valence-corrected chi connectivity index (χ3v) is 5.32. The summed E-state index contributed by atoms with van der Waals surface area (Å²) in [6.45, 7) is 11.3. The minimum absolute atomic E-state index is 0.291. The molecule has 0 aromatic carbocycles. The Morgan fingerprint density at radius 3 is 1.67 bits per heavy atom. The predicted octanol–water partition coefficient (Wildman–Crippen LogP) is 5.14. The van der Waals surface area contributed by atoms with Gasteiger partial charge in [0.2, 0.25) is 6.73 Å². The van der Waals surface area contributed by atoms with Crippen molar-refractivity contribution in [3.05, 3.63) is 12.2 Å². The molecule has 0 amide bonds. The predicted molar refractivity (Wildman–Crippen MR) is 116 cm³/mol. The van der Waals surface area contributed by atoms with Crippen molar-refractivity contribution in [1.82, 2.24) is 0 Å². The number of quaternary nitrogens is 2. The maximum Gasteiger partial charge on any atom is 0.337 e. The molecular weight excluding hydrogens is 336 g/mol. The fourth-order valence-electron chi connectivity index (χ4n) is 3.10. The quantitative estimate of drug-likeness (QED) is 0.114. The normalized spacial score (nSPS) is 12.2. The van der Waals surface area contributed by atoms with Crippen molar-refractivity contribution in [2.75, 3.05) is 54.6 Å². The summed E-state index contributed by atoms with van der Waals surface area (Å²) >= 11 is 0. The molecule has 0 aliphatic rings. The SMILES string of the molecule is C=C(C)C(=O)OC[N+](C)(C)CC[N+](C)(C)CCCCCCCCCCCC. The first-order chi connectivity index (χ1) is 12.6. The van der Waals surface area contributed by atoms with Gasteiger partial charge in [0.25, 0.3) is 0 Å². The Bertz CT molecular complexity index is 417. The van der Waals surface area contributed by atoms with Gasteiger partial charge in [-0.2, -0.15) is 0 Å². The maximum atomic E-state index is 11.6. The van der Waals surface area contributed by atoms with Crippen LogP contribution in [-0.4, -0.2) is 69.5 Å². The van der Waals surface area contributed by atoms with Gasteiger partial charge in [0.05, 0.1) is 34.7 Å². The van der Waals surface area contributed by atoms with E-state index < -0.39 is 0 Å². The lowest BCUT2D eigenvalue weighted by atomic mass is 10.1. The van der Waals surface area contributed by atoms with Gasteiger partial charge in [-0.3, -0.25) is 4.48 Å². The van der Waals surface area contributed by atoms with Gasteiger partial charge >= 0.3 is 5.97 Å². The lowest BCUT2D eigenvalue weighted by Gasteiger charge is -2.35. The highest BCUT2D eigenvalue weighted by atomic mass is 16.5. The Morgan fingerprint density at radius 2 is 1.19 bits per heavy atom. The lowest BCUT2D eigenvalue weighted by molar-refractivity contribution is -0.954. The second-order valence-electron chi connectivity index (χ2n) is 9.57.